The summed E-state index contributed by atoms with van der Waals surface area (Å²) in [5.74, 6) is 0.376. The van der Waals surface area contributed by atoms with Crippen LogP contribution in [0.3, 0.4) is 0 Å². The van der Waals surface area contributed by atoms with Gasteiger partial charge in [-0.3, -0.25) is 0 Å². The van der Waals surface area contributed by atoms with E-state index in [9.17, 15) is 8.42 Å². The molecule has 0 saturated heterocycles. The molecule has 0 fully saturated rings. The molecule has 23 heavy (non-hydrogen) atoms. The van der Waals surface area contributed by atoms with Gasteiger partial charge in [0.2, 0.25) is 0 Å². The van der Waals surface area contributed by atoms with Gasteiger partial charge in [-0.2, -0.15) is 4.31 Å². The van der Waals surface area contributed by atoms with E-state index in [1.54, 1.807) is 6.07 Å². The molecule has 1 heterocycles. The predicted molar refractivity (Wildman–Crippen MR) is 97.4 cm³/mol. The van der Waals surface area contributed by atoms with Gasteiger partial charge in [-0.25, -0.2) is 13.4 Å². The lowest BCUT2D eigenvalue weighted by Crippen LogP contribution is -2.33. The number of rotatable bonds is 9. The first kappa shape index (κ1) is 19.7. The molecule has 0 spiro atoms. The molecule has 1 aromatic rings. The van der Waals surface area contributed by atoms with Crippen molar-refractivity contribution in [1.29, 1.82) is 0 Å². The maximum Gasteiger partial charge on any atom is 0.252 e. The van der Waals surface area contributed by atoms with E-state index in [1.807, 2.05) is 26.8 Å². The van der Waals surface area contributed by atoms with Crippen LogP contribution in [0.2, 0.25) is 0 Å². The summed E-state index contributed by atoms with van der Waals surface area (Å²) in [6.45, 7) is 11.4. The normalized spacial score (nSPS) is 12.6. The van der Waals surface area contributed by atoms with Gasteiger partial charge in [0.25, 0.3) is 10.0 Å². The molecule has 8 heteroatoms. The molecule has 0 aliphatic carbocycles. The molecule has 0 aliphatic rings. The average Bonchev–Trinajstić information content (AvgIpc) is 2.96. The maximum atomic E-state index is 12.4. The second-order valence-corrected chi connectivity index (χ2v) is 8.48. The number of nitrogens with one attached hydrogen (secondary N) is 1. The molecule has 0 saturated carbocycles. The number of sulfonamides is 1. The number of aliphatic imine (C=N–C) groups is 1. The Morgan fingerprint density at radius 3 is 2.61 bits per heavy atom. The van der Waals surface area contributed by atoms with Gasteiger partial charge in [-0.1, -0.05) is 26.0 Å². The summed E-state index contributed by atoms with van der Waals surface area (Å²) in [4.78, 5) is 5.13. The number of guanidine groups is 1. The molecule has 130 valence electrons. The number of nitrogens with two attached hydrogens (primary N) is 1. The first-order valence-corrected chi connectivity index (χ1v) is 9.83. The summed E-state index contributed by atoms with van der Waals surface area (Å²) in [6, 6.07) is 3.52. The van der Waals surface area contributed by atoms with Crippen LogP contribution < -0.4 is 11.1 Å². The fourth-order valence-electron chi connectivity index (χ4n) is 1.91. The molecule has 0 atom stereocenters. The van der Waals surface area contributed by atoms with Crippen molar-refractivity contribution in [3.05, 3.63) is 29.2 Å². The van der Waals surface area contributed by atoms with Crippen molar-refractivity contribution in [1.82, 2.24) is 9.62 Å². The van der Waals surface area contributed by atoms with Gasteiger partial charge < -0.3 is 11.1 Å². The summed E-state index contributed by atoms with van der Waals surface area (Å²) in [7, 11) is -3.37. The Morgan fingerprint density at radius 2 is 2.04 bits per heavy atom. The summed E-state index contributed by atoms with van der Waals surface area (Å²) in [5.41, 5.74) is 6.68. The molecule has 3 N–H and O–H groups in total. The minimum atomic E-state index is -3.37. The Morgan fingerprint density at radius 1 is 1.39 bits per heavy atom. The van der Waals surface area contributed by atoms with Gasteiger partial charge in [0, 0.05) is 24.5 Å². The fourth-order valence-corrected chi connectivity index (χ4v) is 4.88. The van der Waals surface area contributed by atoms with Crippen LogP contribution in [0.25, 0.3) is 0 Å². The first-order chi connectivity index (χ1) is 10.8. The lowest BCUT2D eigenvalue weighted by atomic mass is 10.3. The highest BCUT2D eigenvalue weighted by Crippen LogP contribution is 2.25. The van der Waals surface area contributed by atoms with Crippen molar-refractivity contribution in [3.63, 3.8) is 0 Å². The van der Waals surface area contributed by atoms with Gasteiger partial charge >= 0.3 is 0 Å². The van der Waals surface area contributed by atoms with Crippen molar-refractivity contribution in [2.75, 3.05) is 26.2 Å². The standard InChI is InChI=1S/C15H26N4O2S2/c1-5-19(6-2)23(20,21)14-8-7-13(22-14)9-10-17-15(16)18-11-12(3)4/h7-8H,3,5-6,9-11H2,1-2,4H3,(H3,16,17,18). The maximum absolute atomic E-state index is 12.4. The smallest absolute Gasteiger partial charge is 0.252 e. The highest BCUT2D eigenvalue weighted by molar-refractivity contribution is 7.91. The van der Waals surface area contributed by atoms with Crippen molar-refractivity contribution >= 4 is 27.3 Å². The van der Waals surface area contributed by atoms with E-state index in [0.29, 0.717) is 42.8 Å². The second-order valence-electron chi connectivity index (χ2n) is 5.15. The number of thiophene rings is 1. The van der Waals surface area contributed by atoms with Crippen LogP contribution in [0.4, 0.5) is 0 Å². The summed E-state index contributed by atoms with van der Waals surface area (Å²) in [6.07, 6.45) is 0.696. The summed E-state index contributed by atoms with van der Waals surface area (Å²) < 4.78 is 26.7. The van der Waals surface area contributed by atoms with Crippen LogP contribution in [0.5, 0.6) is 0 Å². The quantitative estimate of drug-likeness (QED) is 0.400. The highest BCUT2D eigenvalue weighted by Gasteiger charge is 2.23. The zero-order chi connectivity index (χ0) is 17.5. The Balaban J connectivity index is 2.61. The Hall–Kier alpha value is -1.38. The van der Waals surface area contributed by atoms with E-state index in [2.05, 4.69) is 16.9 Å². The zero-order valence-electron chi connectivity index (χ0n) is 14.0. The van der Waals surface area contributed by atoms with Gasteiger partial charge in [0.1, 0.15) is 4.21 Å². The monoisotopic (exact) mass is 358 g/mol. The van der Waals surface area contributed by atoms with E-state index in [0.717, 1.165) is 10.5 Å². The summed E-state index contributed by atoms with van der Waals surface area (Å²) >= 11 is 1.30. The van der Waals surface area contributed by atoms with Gasteiger partial charge in [-0.15, -0.1) is 11.3 Å². The molecule has 1 rings (SSSR count). The van der Waals surface area contributed by atoms with E-state index in [1.165, 1.54) is 15.6 Å². The van der Waals surface area contributed by atoms with Gasteiger partial charge in [0.15, 0.2) is 5.96 Å². The van der Waals surface area contributed by atoms with Gasteiger partial charge in [-0.05, 0) is 25.5 Å². The minimum Gasteiger partial charge on any atom is -0.370 e. The fraction of sp³-hybridized carbons (Fsp3) is 0.533. The largest absolute Gasteiger partial charge is 0.370 e. The molecular weight excluding hydrogens is 332 g/mol. The molecule has 0 bridgehead atoms. The number of hydrogen-bond acceptors (Lipinski definition) is 4. The zero-order valence-corrected chi connectivity index (χ0v) is 15.6. The predicted octanol–water partition coefficient (Wildman–Crippen LogP) is 1.80. The van der Waals surface area contributed by atoms with E-state index >= 15 is 0 Å². The molecular formula is C15H26N4O2S2. The molecule has 0 amide bonds. The van der Waals surface area contributed by atoms with Crippen molar-refractivity contribution in [2.45, 2.75) is 31.4 Å². The van der Waals surface area contributed by atoms with E-state index < -0.39 is 10.0 Å². The molecule has 0 radical (unpaired) electrons. The third-order valence-electron chi connectivity index (χ3n) is 3.13. The lowest BCUT2D eigenvalue weighted by molar-refractivity contribution is 0.447. The van der Waals surface area contributed by atoms with Crippen LogP contribution in [0, 0.1) is 0 Å². The first-order valence-electron chi connectivity index (χ1n) is 7.58. The molecule has 0 aromatic carbocycles. The van der Waals surface area contributed by atoms with Gasteiger partial charge in [0.05, 0.1) is 6.54 Å². The molecule has 6 nitrogen and oxygen atoms in total. The lowest BCUT2D eigenvalue weighted by Gasteiger charge is -2.16. The Labute approximate surface area is 143 Å². The van der Waals surface area contributed by atoms with Crippen LogP contribution in [-0.4, -0.2) is 44.9 Å². The van der Waals surface area contributed by atoms with Crippen LogP contribution in [0.15, 0.2) is 33.5 Å². The topological polar surface area (TPSA) is 87.8 Å². The Bertz CT molecular complexity index is 646. The van der Waals surface area contributed by atoms with E-state index in [4.69, 9.17) is 5.73 Å². The number of nitrogens with zero attached hydrogens (tertiary/aromatic N) is 2. The third-order valence-corrected chi connectivity index (χ3v) is 6.80. The Kier molecular flexibility index (Phi) is 7.74. The highest BCUT2D eigenvalue weighted by atomic mass is 32.2. The average molecular weight is 359 g/mol. The number of hydrogen-bond donors (Lipinski definition) is 2. The van der Waals surface area contributed by atoms with Crippen LogP contribution in [-0.2, 0) is 16.4 Å². The molecule has 1 aromatic heterocycles. The molecule has 0 aliphatic heterocycles. The third kappa shape index (κ3) is 5.96. The molecule has 0 unspecified atom stereocenters. The van der Waals surface area contributed by atoms with Crippen molar-refractivity contribution in [2.24, 2.45) is 10.7 Å². The second kappa shape index (κ2) is 9.05. The van der Waals surface area contributed by atoms with Crippen LogP contribution in [0.1, 0.15) is 25.6 Å². The van der Waals surface area contributed by atoms with Crippen LogP contribution >= 0.6 is 11.3 Å². The minimum absolute atomic E-state index is 0.376. The summed E-state index contributed by atoms with van der Waals surface area (Å²) in [5, 5.41) is 3.01. The van der Waals surface area contributed by atoms with Crippen molar-refractivity contribution in [3.8, 4) is 0 Å². The van der Waals surface area contributed by atoms with E-state index in [-0.39, 0.29) is 0 Å². The SMILES string of the molecule is C=C(C)CN=C(N)NCCc1ccc(S(=O)(=O)N(CC)CC)s1. The van der Waals surface area contributed by atoms with Crippen molar-refractivity contribution < 1.29 is 8.42 Å².